The molecule has 1 N–H and O–H groups in total. The number of piperazine rings is 1. The van der Waals surface area contributed by atoms with Gasteiger partial charge in [0.15, 0.2) is 5.76 Å². The topological polar surface area (TPSA) is 85.4 Å². The van der Waals surface area contributed by atoms with Crippen LogP contribution in [0.5, 0.6) is 0 Å². The molecular formula is C17H21N5O2S. The summed E-state index contributed by atoms with van der Waals surface area (Å²) in [7, 11) is 0. The fourth-order valence-corrected chi connectivity index (χ4v) is 3.58. The fraction of sp³-hybridized carbons (Fsp3) is 0.471. The van der Waals surface area contributed by atoms with Crippen molar-refractivity contribution in [2.75, 3.05) is 38.0 Å². The molecule has 0 radical (unpaired) electrons. The van der Waals surface area contributed by atoms with Crippen molar-refractivity contribution >= 4 is 22.2 Å². The van der Waals surface area contributed by atoms with E-state index in [0.717, 1.165) is 50.7 Å². The third kappa shape index (κ3) is 4.89. The van der Waals surface area contributed by atoms with E-state index in [1.807, 2.05) is 18.4 Å². The van der Waals surface area contributed by atoms with Gasteiger partial charge in [0.05, 0.1) is 17.8 Å². The maximum absolute atomic E-state index is 12.1. The highest BCUT2D eigenvalue weighted by molar-refractivity contribution is 7.14. The summed E-state index contributed by atoms with van der Waals surface area (Å²) < 4.78 is 5.26. The molecular weight excluding hydrogens is 338 g/mol. The van der Waals surface area contributed by atoms with Gasteiger partial charge in [0.2, 0.25) is 5.91 Å². The smallest absolute Gasteiger partial charge is 0.226 e. The molecule has 2 aromatic rings. The van der Waals surface area contributed by atoms with Crippen LogP contribution in [0.1, 0.15) is 23.4 Å². The molecule has 0 aliphatic carbocycles. The first kappa shape index (κ1) is 17.6. The predicted molar refractivity (Wildman–Crippen MR) is 95.2 cm³/mol. The van der Waals surface area contributed by atoms with Gasteiger partial charge in [-0.1, -0.05) is 5.16 Å². The van der Waals surface area contributed by atoms with E-state index < -0.39 is 0 Å². The Bertz CT molecular complexity index is 755. The Morgan fingerprint density at radius 1 is 1.40 bits per heavy atom. The molecule has 0 bridgehead atoms. The molecule has 8 heteroatoms. The number of hydrogen-bond acceptors (Lipinski definition) is 7. The first-order chi connectivity index (χ1) is 12.1. The van der Waals surface area contributed by atoms with E-state index in [0.29, 0.717) is 17.0 Å². The Hall–Kier alpha value is -2.21. The highest BCUT2D eigenvalue weighted by atomic mass is 32.1. The zero-order valence-corrected chi connectivity index (χ0v) is 15.0. The molecule has 1 fully saturated rings. The largest absolute Gasteiger partial charge is 0.360 e. The second-order valence-electron chi connectivity index (χ2n) is 6.13. The van der Waals surface area contributed by atoms with Gasteiger partial charge < -0.3 is 14.7 Å². The normalized spacial score (nSPS) is 15.8. The summed E-state index contributed by atoms with van der Waals surface area (Å²) in [6.07, 6.45) is 0.435. The van der Waals surface area contributed by atoms with Crippen molar-refractivity contribution in [1.29, 1.82) is 5.26 Å². The van der Waals surface area contributed by atoms with E-state index in [2.05, 4.69) is 26.3 Å². The van der Waals surface area contributed by atoms with Gasteiger partial charge in [-0.2, -0.15) is 5.26 Å². The van der Waals surface area contributed by atoms with Gasteiger partial charge in [-0.15, -0.1) is 11.3 Å². The van der Waals surface area contributed by atoms with Crippen LogP contribution < -0.4 is 5.32 Å². The van der Waals surface area contributed by atoms with Crippen LogP contribution in [-0.2, 0) is 11.3 Å². The lowest BCUT2D eigenvalue weighted by Gasteiger charge is -2.33. The Balaban J connectivity index is 1.37. The molecule has 3 rings (SSSR count). The average molecular weight is 359 g/mol. The third-order valence-corrected chi connectivity index (χ3v) is 5.04. The highest BCUT2D eigenvalue weighted by Gasteiger charge is 2.19. The standard InChI is InChI=1S/C17H21N5O2S/c1-13-10-15(24-20-13)12-22-7-5-21(6-8-22)4-2-16(23)19-17-14(11-18)3-9-25-17/h3,9-10H,2,4-8,12H2,1H3,(H,19,23). The average Bonchev–Trinajstić information content (AvgIpc) is 3.23. The van der Waals surface area contributed by atoms with Crippen LogP contribution in [0, 0.1) is 18.3 Å². The maximum Gasteiger partial charge on any atom is 0.226 e. The van der Waals surface area contributed by atoms with Crippen molar-refractivity contribution in [3.8, 4) is 6.07 Å². The number of nitriles is 1. The first-order valence-electron chi connectivity index (χ1n) is 8.28. The van der Waals surface area contributed by atoms with Gasteiger partial charge in [0.25, 0.3) is 0 Å². The molecule has 3 heterocycles. The van der Waals surface area contributed by atoms with Crippen molar-refractivity contribution in [2.24, 2.45) is 0 Å². The van der Waals surface area contributed by atoms with Gasteiger partial charge in [-0.25, -0.2) is 0 Å². The molecule has 25 heavy (non-hydrogen) atoms. The van der Waals surface area contributed by atoms with Crippen LogP contribution in [0.25, 0.3) is 0 Å². The van der Waals surface area contributed by atoms with E-state index in [1.54, 1.807) is 6.07 Å². The number of thiophene rings is 1. The molecule has 7 nitrogen and oxygen atoms in total. The zero-order chi connectivity index (χ0) is 17.6. The Kier molecular flexibility index (Phi) is 5.81. The third-order valence-electron chi connectivity index (χ3n) is 4.21. The lowest BCUT2D eigenvalue weighted by Crippen LogP contribution is -2.46. The van der Waals surface area contributed by atoms with E-state index in [1.165, 1.54) is 11.3 Å². The Morgan fingerprint density at radius 3 is 2.84 bits per heavy atom. The second kappa shape index (κ2) is 8.25. The van der Waals surface area contributed by atoms with Gasteiger partial charge in [-0.05, 0) is 18.4 Å². The van der Waals surface area contributed by atoms with Crippen LogP contribution in [-0.4, -0.2) is 53.6 Å². The Labute approximate surface area is 150 Å². The number of aryl methyl sites for hydroxylation is 1. The first-order valence-corrected chi connectivity index (χ1v) is 9.16. The van der Waals surface area contributed by atoms with Gasteiger partial charge in [0.1, 0.15) is 11.1 Å². The molecule has 132 valence electrons. The van der Waals surface area contributed by atoms with Crippen molar-refractivity contribution in [2.45, 2.75) is 19.9 Å². The SMILES string of the molecule is Cc1cc(CN2CCN(CCC(=O)Nc3sccc3C#N)CC2)on1. The molecule has 0 atom stereocenters. The van der Waals surface area contributed by atoms with E-state index in [-0.39, 0.29) is 5.91 Å². The number of carbonyl (C=O) groups is 1. The van der Waals surface area contributed by atoms with E-state index in [9.17, 15) is 4.79 Å². The molecule has 1 amide bonds. The number of hydrogen-bond donors (Lipinski definition) is 1. The summed E-state index contributed by atoms with van der Waals surface area (Å²) in [4.78, 5) is 16.7. The number of aromatic nitrogens is 1. The zero-order valence-electron chi connectivity index (χ0n) is 14.2. The van der Waals surface area contributed by atoms with Gasteiger partial charge in [-0.3, -0.25) is 9.69 Å². The van der Waals surface area contributed by atoms with Crippen molar-refractivity contribution in [3.05, 3.63) is 34.5 Å². The maximum atomic E-state index is 12.1. The number of anilines is 1. The van der Waals surface area contributed by atoms with Crippen LogP contribution >= 0.6 is 11.3 Å². The van der Waals surface area contributed by atoms with Crippen molar-refractivity contribution in [3.63, 3.8) is 0 Å². The summed E-state index contributed by atoms with van der Waals surface area (Å²) >= 11 is 1.38. The number of amides is 1. The predicted octanol–water partition coefficient (Wildman–Crippen LogP) is 2.06. The van der Waals surface area contributed by atoms with Crippen LogP contribution in [0.15, 0.2) is 22.0 Å². The van der Waals surface area contributed by atoms with Crippen molar-refractivity contribution in [1.82, 2.24) is 15.0 Å². The van der Waals surface area contributed by atoms with Crippen LogP contribution in [0.3, 0.4) is 0 Å². The summed E-state index contributed by atoms with van der Waals surface area (Å²) in [6, 6.07) is 5.77. The van der Waals surface area contributed by atoms with E-state index in [4.69, 9.17) is 9.78 Å². The monoisotopic (exact) mass is 359 g/mol. The molecule has 0 spiro atoms. The quantitative estimate of drug-likeness (QED) is 0.850. The molecule has 1 aliphatic heterocycles. The number of carbonyl (C=O) groups excluding carboxylic acids is 1. The fourth-order valence-electron chi connectivity index (χ4n) is 2.83. The summed E-state index contributed by atoms with van der Waals surface area (Å²) in [5, 5.41) is 18.2. The minimum absolute atomic E-state index is 0.0430. The second-order valence-corrected chi connectivity index (χ2v) is 7.04. The Morgan fingerprint density at radius 2 is 2.16 bits per heavy atom. The van der Waals surface area contributed by atoms with Crippen LogP contribution in [0.4, 0.5) is 5.00 Å². The summed E-state index contributed by atoms with van der Waals surface area (Å²) in [6.45, 7) is 7.20. The van der Waals surface area contributed by atoms with Gasteiger partial charge in [0, 0.05) is 45.2 Å². The summed E-state index contributed by atoms with van der Waals surface area (Å²) in [5.41, 5.74) is 1.43. The molecule has 0 unspecified atom stereocenters. The van der Waals surface area contributed by atoms with Crippen LogP contribution in [0.2, 0.25) is 0 Å². The molecule has 1 aliphatic rings. The minimum Gasteiger partial charge on any atom is -0.360 e. The molecule has 0 aromatic carbocycles. The summed E-state index contributed by atoms with van der Waals surface area (Å²) in [5.74, 6) is 0.855. The molecule has 1 saturated heterocycles. The number of nitrogens with zero attached hydrogens (tertiary/aromatic N) is 4. The minimum atomic E-state index is -0.0430. The number of rotatable bonds is 6. The van der Waals surface area contributed by atoms with Gasteiger partial charge >= 0.3 is 0 Å². The van der Waals surface area contributed by atoms with E-state index >= 15 is 0 Å². The number of nitrogens with one attached hydrogen (secondary N) is 1. The highest BCUT2D eigenvalue weighted by Crippen LogP contribution is 2.22. The lowest BCUT2D eigenvalue weighted by atomic mass is 10.2. The lowest BCUT2D eigenvalue weighted by molar-refractivity contribution is -0.116. The van der Waals surface area contributed by atoms with Crippen molar-refractivity contribution < 1.29 is 9.32 Å². The molecule has 0 saturated carbocycles. The molecule has 2 aromatic heterocycles.